The minimum absolute atomic E-state index is 0.549. The van der Waals surface area contributed by atoms with Gasteiger partial charge >= 0.3 is 0 Å². The Balaban J connectivity index is 2.08. The van der Waals surface area contributed by atoms with E-state index in [4.69, 9.17) is 17.3 Å². The zero-order valence-electron chi connectivity index (χ0n) is 11.4. The highest BCUT2D eigenvalue weighted by Crippen LogP contribution is 2.16. The van der Waals surface area contributed by atoms with Gasteiger partial charge in [0.1, 0.15) is 13.7 Å². The van der Waals surface area contributed by atoms with Crippen molar-refractivity contribution in [1.82, 2.24) is 9.97 Å². The van der Waals surface area contributed by atoms with E-state index in [1.807, 2.05) is 32.1 Å². The van der Waals surface area contributed by atoms with Crippen molar-refractivity contribution in [2.45, 2.75) is 6.42 Å². The molecule has 0 fully saturated rings. The van der Waals surface area contributed by atoms with Crippen molar-refractivity contribution < 1.29 is 0 Å². The van der Waals surface area contributed by atoms with Crippen LogP contribution >= 0.6 is 11.6 Å². The molecule has 1 heterocycles. The van der Waals surface area contributed by atoms with Gasteiger partial charge in [-0.1, -0.05) is 11.6 Å². The van der Waals surface area contributed by atoms with Gasteiger partial charge in [0.15, 0.2) is 0 Å². The molecular formula is C13H17BClN5. The normalized spacial score (nSPS) is 10.3. The van der Waals surface area contributed by atoms with Crippen LogP contribution in [0.3, 0.4) is 0 Å². The number of anilines is 3. The van der Waals surface area contributed by atoms with Crippen molar-refractivity contribution in [3.8, 4) is 0 Å². The third-order valence-electron chi connectivity index (χ3n) is 2.75. The molecule has 20 heavy (non-hydrogen) atoms. The van der Waals surface area contributed by atoms with E-state index < -0.39 is 0 Å². The highest BCUT2D eigenvalue weighted by Gasteiger charge is 2.03. The molecule has 0 unspecified atom stereocenters. The fourth-order valence-corrected chi connectivity index (χ4v) is 1.78. The predicted octanol–water partition coefficient (Wildman–Crippen LogP) is 0.893. The quantitative estimate of drug-likeness (QED) is 0.544. The zero-order chi connectivity index (χ0) is 14.4. The van der Waals surface area contributed by atoms with Crippen LogP contribution in [0.4, 0.5) is 17.5 Å². The van der Waals surface area contributed by atoms with E-state index in [2.05, 4.69) is 20.6 Å². The van der Waals surface area contributed by atoms with E-state index in [-0.39, 0.29) is 0 Å². The standard InChI is InChI=1S/C13H17BClN5/c14-11-8-18-13(20-12(11)17-7-1-6-16)19-10-4-2-9(15)3-5-10/h2-5,8H,1,6-7,14,16H2,(H2,17,18,19,20). The summed E-state index contributed by atoms with van der Waals surface area (Å²) in [7, 11) is 1.97. The fraction of sp³-hybridized carbons (Fsp3) is 0.231. The number of nitrogens with zero attached hydrogens (tertiary/aromatic N) is 2. The van der Waals surface area contributed by atoms with E-state index in [9.17, 15) is 0 Å². The Morgan fingerprint density at radius 2 is 2.00 bits per heavy atom. The van der Waals surface area contributed by atoms with Gasteiger partial charge in [0, 0.05) is 23.5 Å². The first-order chi connectivity index (χ1) is 9.69. The van der Waals surface area contributed by atoms with Crippen LogP contribution in [0.25, 0.3) is 0 Å². The molecule has 0 aliphatic rings. The molecule has 0 saturated carbocycles. The maximum atomic E-state index is 5.85. The van der Waals surface area contributed by atoms with Crippen molar-refractivity contribution in [2.24, 2.45) is 5.73 Å². The van der Waals surface area contributed by atoms with Crippen LogP contribution in [0.1, 0.15) is 6.42 Å². The number of aromatic nitrogens is 2. The lowest BCUT2D eigenvalue weighted by atomic mass is 9.99. The van der Waals surface area contributed by atoms with Crippen molar-refractivity contribution in [1.29, 1.82) is 0 Å². The van der Waals surface area contributed by atoms with E-state index in [1.54, 1.807) is 6.20 Å². The van der Waals surface area contributed by atoms with Crippen LogP contribution in [0, 0.1) is 0 Å². The molecule has 4 N–H and O–H groups in total. The topological polar surface area (TPSA) is 75.9 Å². The highest BCUT2D eigenvalue weighted by molar-refractivity contribution is 6.35. The Morgan fingerprint density at radius 1 is 1.25 bits per heavy atom. The summed E-state index contributed by atoms with van der Waals surface area (Å²) in [5, 5.41) is 7.10. The summed E-state index contributed by atoms with van der Waals surface area (Å²) < 4.78 is 0. The molecule has 1 aromatic carbocycles. The Bertz CT molecular complexity index is 561. The van der Waals surface area contributed by atoms with Crippen molar-refractivity contribution in [3.05, 3.63) is 35.5 Å². The lowest BCUT2D eigenvalue weighted by Gasteiger charge is -2.10. The Hall–Kier alpha value is -1.79. The lowest BCUT2D eigenvalue weighted by Crippen LogP contribution is -2.18. The van der Waals surface area contributed by atoms with Crippen LogP contribution in [-0.4, -0.2) is 30.9 Å². The summed E-state index contributed by atoms with van der Waals surface area (Å²) in [6.07, 6.45) is 2.69. The molecule has 0 spiro atoms. The number of benzene rings is 1. The first-order valence-corrected chi connectivity index (χ1v) is 6.87. The average Bonchev–Trinajstić information content (AvgIpc) is 2.45. The van der Waals surface area contributed by atoms with E-state index in [1.165, 1.54) is 0 Å². The van der Waals surface area contributed by atoms with Crippen molar-refractivity contribution >= 4 is 42.4 Å². The van der Waals surface area contributed by atoms with E-state index in [0.717, 1.165) is 29.9 Å². The summed E-state index contributed by atoms with van der Waals surface area (Å²) in [6, 6.07) is 7.40. The fourth-order valence-electron chi connectivity index (χ4n) is 1.65. The minimum Gasteiger partial charge on any atom is -0.370 e. The third kappa shape index (κ3) is 4.11. The van der Waals surface area contributed by atoms with Gasteiger partial charge in [-0.2, -0.15) is 4.98 Å². The maximum Gasteiger partial charge on any atom is 0.229 e. The molecule has 0 amide bonds. The molecule has 0 aliphatic carbocycles. The van der Waals surface area contributed by atoms with Crippen LogP contribution < -0.4 is 21.8 Å². The van der Waals surface area contributed by atoms with Crippen molar-refractivity contribution in [3.63, 3.8) is 0 Å². The van der Waals surface area contributed by atoms with Gasteiger partial charge in [-0.3, -0.25) is 0 Å². The molecule has 2 aromatic rings. The van der Waals surface area contributed by atoms with Gasteiger partial charge in [-0.15, -0.1) is 0 Å². The van der Waals surface area contributed by atoms with Gasteiger partial charge in [0.25, 0.3) is 0 Å². The number of nitrogens with two attached hydrogens (primary N) is 1. The molecule has 0 atom stereocenters. The molecule has 0 bridgehead atoms. The molecule has 2 rings (SSSR count). The molecule has 1 aromatic heterocycles. The summed E-state index contributed by atoms with van der Waals surface area (Å²) in [4.78, 5) is 8.72. The molecule has 104 valence electrons. The summed E-state index contributed by atoms with van der Waals surface area (Å²) >= 11 is 5.85. The molecule has 0 aliphatic heterocycles. The Labute approximate surface area is 124 Å². The molecular weight excluding hydrogens is 272 g/mol. The van der Waals surface area contributed by atoms with Gasteiger partial charge in [-0.05, 0) is 42.7 Å². The number of nitrogens with one attached hydrogen (secondary N) is 2. The maximum absolute atomic E-state index is 5.85. The molecule has 0 radical (unpaired) electrons. The largest absolute Gasteiger partial charge is 0.370 e. The first-order valence-electron chi connectivity index (χ1n) is 6.49. The molecule has 5 nitrogen and oxygen atoms in total. The van der Waals surface area contributed by atoms with Crippen LogP contribution in [0.5, 0.6) is 0 Å². The van der Waals surface area contributed by atoms with Gasteiger partial charge in [-0.25, -0.2) is 4.98 Å². The van der Waals surface area contributed by atoms with Gasteiger partial charge < -0.3 is 16.4 Å². The zero-order valence-corrected chi connectivity index (χ0v) is 12.1. The molecule has 0 saturated heterocycles. The van der Waals surface area contributed by atoms with Crippen molar-refractivity contribution in [2.75, 3.05) is 23.7 Å². The van der Waals surface area contributed by atoms with Crippen LogP contribution in [-0.2, 0) is 0 Å². The number of rotatable bonds is 6. The van der Waals surface area contributed by atoms with E-state index >= 15 is 0 Å². The van der Waals surface area contributed by atoms with E-state index in [0.29, 0.717) is 17.5 Å². The second kappa shape index (κ2) is 7.12. The summed E-state index contributed by atoms with van der Waals surface area (Å²) in [6.45, 7) is 1.46. The smallest absolute Gasteiger partial charge is 0.229 e. The second-order valence-corrected chi connectivity index (χ2v) is 4.86. The second-order valence-electron chi connectivity index (χ2n) is 4.43. The third-order valence-corrected chi connectivity index (χ3v) is 3.00. The minimum atomic E-state index is 0.549. The number of halogens is 1. The number of hydrogen-bond donors (Lipinski definition) is 3. The SMILES string of the molecule is Bc1cnc(Nc2ccc(Cl)cc2)nc1NCCCN. The summed E-state index contributed by atoms with van der Waals surface area (Å²) in [5.41, 5.74) is 7.38. The number of hydrogen-bond acceptors (Lipinski definition) is 5. The average molecular weight is 290 g/mol. The monoisotopic (exact) mass is 289 g/mol. The van der Waals surface area contributed by atoms with Crippen LogP contribution in [0.2, 0.25) is 5.02 Å². The first kappa shape index (κ1) is 14.6. The molecule has 7 heteroatoms. The highest BCUT2D eigenvalue weighted by atomic mass is 35.5. The predicted molar refractivity (Wildman–Crippen MR) is 87.1 cm³/mol. The van der Waals surface area contributed by atoms with Gasteiger partial charge in [0.05, 0.1) is 0 Å². The Morgan fingerprint density at radius 3 is 2.70 bits per heavy atom. The lowest BCUT2D eigenvalue weighted by molar-refractivity contribution is 0.870. The summed E-state index contributed by atoms with van der Waals surface area (Å²) in [5.74, 6) is 1.37. The Kier molecular flexibility index (Phi) is 5.20. The van der Waals surface area contributed by atoms with Crippen LogP contribution in [0.15, 0.2) is 30.5 Å². The van der Waals surface area contributed by atoms with Gasteiger partial charge in [0.2, 0.25) is 5.95 Å².